The van der Waals surface area contributed by atoms with E-state index in [4.69, 9.17) is 0 Å². The Morgan fingerprint density at radius 3 is 2.80 bits per heavy atom. The molecule has 0 saturated heterocycles. The van der Waals surface area contributed by atoms with Gasteiger partial charge in [0.25, 0.3) is 5.91 Å². The van der Waals surface area contributed by atoms with Crippen molar-refractivity contribution in [1.29, 1.82) is 0 Å². The fraction of sp³-hybridized carbons (Fsp3) is 0.556. The van der Waals surface area contributed by atoms with E-state index in [-0.39, 0.29) is 17.3 Å². The van der Waals surface area contributed by atoms with Crippen LogP contribution in [0.2, 0.25) is 0 Å². The Balaban J connectivity index is 2.40. The minimum atomic E-state index is -0.372. The topological polar surface area (TPSA) is 89.8 Å². The molecule has 1 unspecified atom stereocenters. The lowest BCUT2D eigenvalue weighted by Gasteiger charge is -2.10. The SMILES string of the molecule is CNCC(C)CNC(=O)c1c[nH]c(=O)[nH]1. The van der Waals surface area contributed by atoms with E-state index >= 15 is 0 Å². The summed E-state index contributed by atoms with van der Waals surface area (Å²) in [7, 11) is 1.86. The molecule has 0 radical (unpaired) electrons. The summed E-state index contributed by atoms with van der Waals surface area (Å²) in [5, 5.41) is 5.75. The third-order valence-electron chi connectivity index (χ3n) is 2.00. The molecule has 1 amide bonds. The molecule has 0 bridgehead atoms. The predicted molar refractivity (Wildman–Crippen MR) is 56.8 cm³/mol. The zero-order chi connectivity index (χ0) is 11.3. The van der Waals surface area contributed by atoms with Gasteiger partial charge in [-0.05, 0) is 19.5 Å². The van der Waals surface area contributed by atoms with Crippen molar-refractivity contribution in [3.8, 4) is 0 Å². The average molecular weight is 212 g/mol. The lowest BCUT2D eigenvalue weighted by atomic mass is 10.2. The number of H-pyrrole nitrogens is 2. The van der Waals surface area contributed by atoms with E-state index in [1.54, 1.807) is 0 Å². The Hall–Kier alpha value is -1.56. The molecule has 0 spiro atoms. The number of carbonyl (C=O) groups excluding carboxylic acids is 1. The maximum Gasteiger partial charge on any atom is 0.323 e. The molecule has 6 nitrogen and oxygen atoms in total. The number of rotatable bonds is 5. The molecule has 0 aliphatic rings. The van der Waals surface area contributed by atoms with Crippen LogP contribution in [-0.4, -0.2) is 36.0 Å². The second-order valence-corrected chi connectivity index (χ2v) is 3.53. The largest absolute Gasteiger partial charge is 0.350 e. The number of aromatic nitrogens is 2. The van der Waals surface area contributed by atoms with Crippen molar-refractivity contribution in [3.63, 3.8) is 0 Å². The summed E-state index contributed by atoms with van der Waals surface area (Å²) in [6.45, 7) is 3.44. The van der Waals surface area contributed by atoms with Gasteiger partial charge in [-0.1, -0.05) is 6.92 Å². The van der Waals surface area contributed by atoms with Crippen molar-refractivity contribution >= 4 is 5.91 Å². The minimum absolute atomic E-state index is 0.261. The maximum atomic E-state index is 11.4. The quantitative estimate of drug-likeness (QED) is 0.519. The first-order chi connectivity index (χ1) is 7.13. The van der Waals surface area contributed by atoms with Gasteiger partial charge in [0.1, 0.15) is 5.69 Å². The molecule has 6 heteroatoms. The fourth-order valence-electron chi connectivity index (χ4n) is 1.24. The summed E-state index contributed by atoms with van der Waals surface area (Å²) in [6.07, 6.45) is 1.36. The number of aromatic amines is 2. The lowest BCUT2D eigenvalue weighted by molar-refractivity contribution is 0.0943. The average Bonchev–Trinajstić information content (AvgIpc) is 2.62. The normalized spacial score (nSPS) is 12.4. The van der Waals surface area contributed by atoms with E-state index in [2.05, 4.69) is 20.6 Å². The van der Waals surface area contributed by atoms with Crippen molar-refractivity contribution in [2.75, 3.05) is 20.1 Å². The lowest BCUT2D eigenvalue weighted by Crippen LogP contribution is -2.32. The summed E-state index contributed by atoms with van der Waals surface area (Å²) in [5.41, 5.74) is -0.111. The van der Waals surface area contributed by atoms with Crippen molar-refractivity contribution in [1.82, 2.24) is 20.6 Å². The maximum absolute atomic E-state index is 11.4. The van der Waals surface area contributed by atoms with E-state index in [0.29, 0.717) is 12.5 Å². The molecule has 1 aromatic rings. The molecular formula is C9H16N4O2. The molecule has 4 N–H and O–H groups in total. The molecule has 0 aliphatic heterocycles. The molecule has 1 rings (SSSR count). The van der Waals surface area contributed by atoms with Gasteiger partial charge in [0.2, 0.25) is 0 Å². The van der Waals surface area contributed by atoms with Crippen LogP contribution in [-0.2, 0) is 0 Å². The van der Waals surface area contributed by atoms with Crippen LogP contribution in [0, 0.1) is 5.92 Å². The first-order valence-corrected chi connectivity index (χ1v) is 4.84. The van der Waals surface area contributed by atoms with Gasteiger partial charge >= 0.3 is 5.69 Å². The van der Waals surface area contributed by atoms with Crippen molar-refractivity contribution in [3.05, 3.63) is 22.4 Å². The van der Waals surface area contributed by atoms with E-state index in [1.807, 2.05) is 14.0 Å². The molecule has 0 fully saturated rings. The van der Waals surface area contributed by atoms with Crippen LogP contribution in [0.5, 0.6) is 0 Å². The van der Waals surface area contributed by atoms with Gasteiger partial charge in [0.05, 0.1) is 0 Å². The molecule has 15 heavy (non-hydrogen) atoms. The first-order valence-electron chi connectivity index (χ1n) is 4.84. The number of amides is 1. The van der Waals surface area contributed by atoms with E-state index in [9.17, 15) is 9.59 Å². The Labute approximate surface area is 87.5 Å². The minimum Gasteiger partial charge on any atom is -0.350 e. The third kappa shape index (κ3) is 3.59. The van der Waals surface area contributed by atoms with Gasteiger partial charge in [-0.2, -0.15) is 0 Å². The third-order valence-corrected chi connectivity index (χ3v) is 2.00. The van der Waals surface area contributed by atoms with Gasteiger partial charge in [-0.3, -0.25) is 4.79 Å². The highest BCUT2D eigenvalue weighted by atomic mass is 16.2. The molecule has 1 atom stereocenters. The van der Waals surface area contributed by atoms with Gasteiger partial charge in [0.15, 0.2) is 0 Å². The van der Waals surface area contributed by atoms with Gasteiger partial charge in [-0.15, -0.1) is 0 Å². The highest BCUT2D eigenvalue weighted by Gasteiger charge is 2.08. The van der Waals surface area contributed by atoms with E-state index in [1.165, 1.54) is 6.20 Å². The van der Waals surface area contributed by atoms with E-state index < -0.39 is 0 Å². The van der Waals surface area contributed by atoms with Gasteiger partial charge in [0, 0.05) is 12.7 Å². The van der Waals surface area contributed by atoms with Crippen LogP contribution in [0.3, 0.4) is 0 Å². The molecule has 1 heterocycles. The molecule has 0 saturated carbocycles. The summed E-state index contributed by atoms with van der Waals surface area (Å²) < 4.78 is 0. The second-order valence-electron chi connectivity index (χ2n) is 3.53. The fourth-order valence-corrected chi connectivity index (χ4v) is 1.24. The van der Waals surface area contributed by atoms with Crippen molar-refractivity contribution < 1.29 is 4.79 Å². The molecular weight excluding hydrogens is 196 g/mol. The number of carbonyl (C=O) groups is 1. The summed E-state index contributed by atoms with van der Waals surface area (Å²) in [5.74, 6) is 0.0842. The van der Waals surface area contributed by atoms with Crippen molar-refractivity contribution in [2.45, 2.75) is 6.92 Å². The Kier molecular flexibility index (Phi) is 4.11. The summed E-state index contributed by atoms with van der Waals surface area (Å²) in [6, 6.07) is 0. The zero-order valence-corrected chi connectivity index (χ0v) is 8.89. The second kappa shape index (κ2) is 5.35. The number of nitrogens with one attached hydrogen (secondary N) is 4. The number of hydrogen-bond acceptors (Lipinski definition) is 3. The molecule has 1 aromatic heterocycles. The Morgan fingerprint density at radius 1 is 1.53 bits per heavy atom. The first kappa shape index (κ1) is 11.5. The summed E-state index contributed by atoms with van der Waals surface area (Å²) >= 11 is 0. The zero-order valence-electron chi connectivity index (χ0n) is 8.89. The van der Waals surface area contributed by atoms with Gasteiger partial charge < -0.3 is 20.6 Å². The van der Waals surface area contributed by atoms with Crippen LogP contribution in [0.4, 0.5) is 0 Å². The van der Waals surface area contributed by atoms with Gasteiger partial charge in [-0.25, -0.2) is 4.79 Å². The monoisotopic (exact) mass is 212 g/mol. The molecule has 0 aromatic carbocycles. The van der Waals surface area contributed by atoms with E-state index in [0.717, 1.165) is 6.54 Å². The highest BCUT2D eigenvalue weighted by molar-refractivity contribution is 5.91. The molecule has 84 valence electrons. The van der Waals surface area contributed by atoms with Crippen molar-refractivity contribution in [2.24, 2.45) is 5.92 Å². The highest BCUT2D eigenvalue weighted by Crippen LogP contribution is 1.92. The van der Waals surface area contributed by atoms with Crippen LogP contribution in [0.25, 0.3) is 0 Å². The molecule has 0 aliphatic carbocycles. The smallest absolute Gasteiger partial charge is 0.323 e. The number of imidazole rings is 1. The number of hydrogen-bond donors (Lipinski definition) is 4. The standard InChI is InChI=1S/C9H16N4O2/c1-6(3-10-2)4-11-8(14)7-5-12-9(15)13-7/h5-6,10H,3-4H2,1-2H3,(H,11,14)(H2,12,13,15). The van der Waals surface area contributed by atoms with Crippen LogP contribution >= 0.6 is 0 Å². The van der Waals surface area contributed by atoms with Crippen LogP contribution in [0.1, 0.15) is 17.4 Å². The predicted octanol–water partition coefficient (Wildman–Crippen LogP) is -0.712. The Morgan fingerprint density at radius 2 is 2.27 bits per heavy atom. The Bertz CT molecular complexity index is 368. The van der Waals surface area contributed by atoms with Crippen LogP contribution in [0.15, 0.2) is 11.0 Å². The van der Waals surface area contributed by atoms with Crippen LogP contribution < -0.4 is 16.3 Å². The summed E-state index contributed by atoms with van der Waals surface area (Å²) in [4.78, 5) is 27.0.